The summed E-state index contributed by atoms with van der Waals surface area (Å²) < 4.78 is 20.9. The first kappa shape index (κ1) is 21.7. The number of hydrogen-bond donors (Lipinski definition) is 0. The smallest absolute Gasteiger partial charge is 0.143 e. The van der Waals surface area contributed by atoms with Crippen LogP contribution in [0.3, 0.4) is 0 Å². The van der Waals surface area contributed by atoms with E-state index >= 15 is 0 Å². The van der Waals surface area contributed by atoms with Gasteiger partial charge in [-0.1, -0.05) is 36.4 Å². The Bertz CT molecular complexity index is 1150. The SMILES string of the molecule is CC(C)(C)S(Oc1cc(CCl)cc2cc(F)ccc12)(c1ccccc1)c1ccccc1. The third kappa shape index (κ3) is 4.05. The summed E-state index contributed by atoms with van der Waals surface area (Å²) in [7, 11) is -1.99. The van der Waals surface area contributed by atoms with Gasteiger partial charge in [-0.3, -0.25) is 0 Å². The van der Waals surface area contributed by atoms with Crippen LogP contribution in [-0.4, -0.2) is 4.75 Å². The van der Waals surface area contributed by atoms with Gasteiger partial charge < -0.3 is 4.18 Å². The normalized spacial score (nSPS) is 12.7. The summed E-state index contributed by atoms with van der Waals surface area (Å²) >= 11 is 6.19. The van der Waals surface area contributed by atoms with Gasteiger partial charge in [0, 0.05) is 25.8 Å². The second kappa shape index (κ2) is 8.57. The molecule has 0 aliphatic carbocycles. The minimum atomic E-state index is -1.99. The first-order valence-electron chi connectivity index (χ1n) is 10.3. The highest BCUT2D eigenvalue weighted by atomic mass is 35.5. The Morgan fingerprint density at radius 3 is 1.90 bits per heavy atom. The highest BCUT2D eigenvalue weighted by molar-refractivity contribution is 8.31. The number of benzene rings is 4. The van der Waals surface area contributed by atoms with Gasteiger partial charge in [0.1, 0.15) is 11.6 Å². The maximum Gasteiger partial charge on any atom is 0.143 e. The molecule has 4 aromatic carbocycles. The minimum absolute atomic E-state index is 0.223. The predicted molar refractivity (Wildman–Crippen MR) is 131 cm³/mol. The predicted octanol–water partition coefficient (Wildman–Crippen LogP) is 8.73. The average molecular weight is 453 g/mol. The van der Waals surface area contributed by atoms with Crippen molar-refractivity contribution in [3.63, 3.8) is 0 Å². The van der Waals surface area contributed by atoms with E-state index in [0.717, 1.165) is 31.9 Å². The highest BCUT2D eigenvalue weighted by Gasteiger charge is 2.43. The molecule has 0 aliphatic rings. The lowest BCUT2D eigenvalue weighted by Gasteiger charge is -2.50. The molecule has 0 amide bonds. The number of halogens is 2. The monoisotopic (exact) mass is 452 g/mol. The van der Waals surface area contributed by atoms with Crippen LogP contribution in [0.15, 0.2) is 101 Å². The van der Waals surface area contributed by atoms with E-state index in [0.29, 0.717) is 5.88 Å². The maximum atomic E-state index is 14.0. The molecule has 0 heterocycles. The third-order valence-electron chi connectivity index (χ3n) is 5.32. The van der Waals surface area contributed by atoms with Gasteiger partial charge in [-0.25, -0.2) is 4.39 Å². The van der Waals surface area contributed by atoms with Gasteiger partial charge in [0.2, 0.25) is 0 Å². The molecule has 0 N–H and O–H groups in total. The van der Waals surface area contributed by atoms with Crippen LogP contribution < -0.4 is 4.18 Å². The van der Waals surface area contributed by atoms with Gasteiger partial charge in [0.05, 0.1) is 0 Å². The van der Waals surface area contributed by atoms with E-state index in [9.17, 15) is 4.39 Å². The Morgan fingerprint density at radius 2 is 1.39 bits per heavy atom. The fourth-order valence-corrected chi connectivity index (χ4v) is 7.71. The standard InChI is InChI=1S/C27H26ClFOS/c1-27(2,3)31(23-10-6-4-7-11-23,24-12-8-5-9-13-24)30-26-17-20(19-28)16-21-18-22(29)14-15-25(21)26/h4-18H,19H2,1-3H3. The van der Waals surface area contributed by atoms with E-state index in [1.807, 2.05) is 24.3 Å². The van der Waals surface area contributed by atoms with Crippen LogP contribution in [0.5, 0.6) is 5.75 Å². The quantitative estimate of drug-likeness (QED) is 0.275. The van der Waals surface area contributed by atoms with Crippen LogP contribution in [0.2, 0.25) is 0 Å². The van der Waals surface area contributed by atoms with Crippen molar-refractivity contribution >= 4 is 32.7 Å². The molecule has 0 radical (unpaired) electrons. The fraction of sp³-hybridized carbons (Fsp3) is 0.185. The molecule has 0 saturated carbocycles. The highest BCUT2D eigenvalue weighted by Crippen LogP contribution is 2.70. The fourth-order valence-electron chi connectivity index (χ4n) is 3.93. The van der Waals surface area contributed by atoms with Gasteiger partial charge in [0.25, 0.3) is 0 Å². The van der Waals surface area contributed by atoms with Gasteiger partial charge in [-0.15, -0.1) is 11.6 Å². The summed E-state index contributed by atoms with van der Waals surface area (Å²) in [5, 5.41) is 1.67. The van der Waals surface area contributed by atoms with Gasteiger partial charge in [0.15, 0.2) is 0 Å². The summed E-state index contributed by atoms with van der Waals surface area (Å²) in [6, 6.07) is 29.5. The van der Waals surface area contributed by atoms with Crippen LogP contribution in [0, 0.1) is 5.82 Å². The third-order valence-corrected chi connectivity index (χ3v) is 9.65. The Hall–Kier alpha value is -2.49. The molecule has 31 heavy (non-hydrogen) atoms. The van der Waals surface area contributed by atoms with Crippen molar-refractivity contribution in [1.29, 1.82) is 0 Å². The largest absolute Gasteiger partial charge is 0.439 e. The van der Waals surface area contributed by atoms with E-state index in [-0.39, 0.29) is 10.6 Å². The van der Waals surface area contributed by atoms with E-state index in [2.05, 4.69) is 69.3 Å². The summed E-state index contributed by atoms with van der Waals surface area (Å²) in [5.74, 6) is 0.786. The van der Waals surface area contributed by atoms with Gasteiger partial charge >= 0.3 is 0 Å². The maximum absolute atomic E-state index is 14.0. The molecule has 0 aromatic heterocycles. The molecular formula is C27H26ClFOS. The van der Waals surface area contributed by atoms with Crippen LogP contribution in [0.4, 0.5) is 4.39 Å². The van der Waals surface area contributed by atoms with E-state index in [1.54, 1.807) is 6.07 Å². The van der Waals surface area contributed by atoms with Crippen molar-refractivity contribution in [3.8, 4) is 5.75 Å². The summed E-state index contributed by atoms with van der Waals surface area (Å²) in [6.45, 7) is 6.65. The van der Waals surface area contributed by atoms with Crippen molar-refractivity contribution in [3.05, 3.63) is 102 Å². The zero-order chi connectivity index (χ0) is 22.1. The summed E-state index contributed by atoms with van der Waals surface area (Å²) in [4.78, 5) is 2.28. The number of fused-ring (bicyclic) bond motifs is 1. The van der Waals surface area contributed by atoms with E-state index in [4.69, 9.17) is 15.8 Å². The minimum Gasteiger partial charge on any atom is -0.439 e. The molecule has 0 bridgehead atoms. The zero-order valence-electron chi connectivity index (χ0n) is 17.9. The van der Waals surface area contributed by atoms with Crippen molar-refractivity contribution in [1.82, 2.24) is 0 Å². The van der Waals surface area contributed by atoms with E-state index < -0.39 is 10.3 Å². The van der Waals surface area contributed by atoms with Crippen molar-refractivity contribution in [2.75, 3.05) is 0 Å². The van der Waals surface area contributed by atoms with Gasteiger partial charge in [-0.2, -0.15) is 0 Å². The van der Waals surface area contributed by atoms with Crippen LogP contribution in [-0.2, 0) is 5.88 Å². The Balaban J connectivity index is 2.03. The molecule has 0 atom stereocenters. The second-order valence-corrected chi connectivity index (χ2v) is 12.2. The Kier molecular flexibility index (Phi) is 6.00. The number of alkyl halides is 1. The topological polar surface area (TPSA) is 9.23 Å². The molecule has 0 unspecified atom stereocenters. The summed E-state index contributed by atoms with van der Waals surface area (Å²) in [5.41, 5.74) is 0.901. The van der Waals surface area contributed by atoms with Gasteiger partial charge in [-0.05, 0) is 96.6 Å². The lowest BCUT2D eigenvalue weighted by Crippen LogP contribution is -2.30. The molecule has 0 saturated heterocycles. The molecule has 0 fully saturated rings. The average Bonchev–Trinajstić information content (AvgIpc) is 2.77. The Labute approximate surface area is 190 Å². The molecule has 4 aromatic rings. The summed E-state index contributed by atoms with van der Waals surface area (Å²) in [6.07, 6.45) is 0. The molecule has 160 valence electrons. The molecule has 4 heteroatoms. The number of hydrogen-bond acceptors (Lipinski definition) is 1. The van der Waals surface area contributed by atoms with Crippen molar-refractivity contribution < 1.29 is 8.57 Å². The zero-order valence-corrected chi connectivity index (χ0v) is 19.5. The molecule has 0 spiro atoms. The first-order valence-corrected chi connectivity index (χ1v) is 12.3. The van der Waals surface area contributed by atoms with Crippen molar-refractivity contribution in [2.24, 2.45) is 0 Å². The lowest BCUT2D eigenvalue weighted by molar-refractivity contribution is 0.578. The van der Waals surface area contributed by atoms with Crippen LogP contribution in [0.25, 0.3) is 10.8 Å². The first-order chi connectivity index (χ1) is 14.8. The lowest BCUT2D eigenvalue weighted by atomic mass is 10.1. The van der Waals surface area contributed by atoms with Crippen LogP contribution in [0.1, 0.15) is 26.3 Å². The molecule has 1 nitrogen and oxygen atoms in total. The van der Waals surface area contributed by atoms with E-state index in [1.165, 1.54) is 12.1 Å². The number of rotatable bonds is 5. The Morgan fingerprint density at radius 1 is 0.806 bits per heavy atom. The molecule has 0 aliphatic heterocycles. The molecule has 4 rings (SSSR count). The van der Waals surface area contributed by atoms with Crippen LogP contribution >= 0.6 is 21.9 Å². The molecular weight excluding hydrogens is 427 g/mol. The second-order valence-electron chi connectivity index (χ2n) is 8.47. The van der Waals surface area contributed by atoms with Crippen molar-refractivity contribution in [2.45, 2.75) is 41.2 Å².